The minimum Gasteiger partial charge on any atom is -0.301 e. The van der Waals surface area contributed by atoms with Gasteiger partial charge in [0.15, 0.2) is 5.13 Å². The first-order chi connectivity index (χ1) is 13.2. The number of carbonyl (C=O) groups is 1. The fourth-order valence-electron chi connectivity index (χ4n) is 3.19. The fourth-order valence-corrected chi connectivity index (χ4v) is 4.75. The number of aryl methyl sites for hydroxylation is 2. The summed E-state index contributed by atoms with van der Waals surface area (Å²) in [5.74, 6) is 0.288. The molecule has 3 aromatic rings. The van der Waals surface area contributed by atoms with Gasteiger partial charge in [-0.2, -0.15) is 0 Å². The van der Waals surface area contributed by atoms with Gasteiger partial charge < -0.3 is 5.32 Å². The maximum absolute atomic E-state index is 12.2. The summed E-state index contributed by atoms with van der Waals surface area (Å²) in [5, 5.41) is 6.24. The van der Waals surface area contributed by atoms with Crippen LogP contribution in [0.3, 0.4) is 0 Å². The van der Waals surface area contributed by atoms with Crippen LogP contribution in [0.1, 0.15) is 24.0 Å². The lowest BCUT2D eigenvalue weighted by Crippen LogP contribution is -2.13. The summed E-state index contributed by atoms with van der Waals surface area (Å²) in [6.45, 7) is 0. The third-order valence-electron chi connectivity index (χ3n) is 4.58. The average Bonchev–Trinajstić information content (AvgIpc) is 3.15. The second-order valence-corrected chi connectivity index (χ2v) is 8.86. The van der Waals surface area contributed by atoms with Gasteiger partial charge in [-0.1, -0.05) is 23.7 Å². The van der Waals surface area contributed by atoms with Gasteiger partial charge in [0.2, 0.25) is 5.91 Å². The topological polar surface area (TPSA) is 42.0 Å². The summed E-state index contributed by atoms with van der Waals surface area (Å²) in [7, 11) is 0. The highest BCUT2D eigenvalue weighted by atomic mass is 35.5. The molecule has 0 radical (unpaired) electrons. The van der Waals surface area contributed by atoms with Crippen LogP contribution in [-0.4, -0.2) is 16.6 Å². The van der Waals surface area contributed by atoms with Crippen molar-refractivity contribution in [2.45, 2.75) is 30.6 Å². The zero-order valence-corrected chi connectivity index (χ0v) is 17.1. The zero-order valence-electron chi connectivity index (χ0n) is 14.7. The van der Waals surface area contributed by atoms with Crippen LogP contribution in [0.5, 0.6) is 0 Å². The quantitative estimate of drug-likeness (QED) is 0.515. The van der Waals surface area contributed by atoms with E-state index >= 15 is 0 Å². The number of thiazole rings is 1. The second-order valence-electron chi connectivity index (χ2n) is 6.52. The minimum atomic E-state index is -0.0544. The van der Waals surface area contributed by atoms with E-state index in [2.05, 4.69) is 28.5 Å². The Hall–Kier alpha value is -1.82. The van der Waals surface area contributed by atoms with Gasteiger partial charge in [-0.15, -0.1) is 23.1 Å². The number of nitrogens with one attached hydrogen (secondary N) is 1. The Morgan fingerprint density at radius 1 is 1.11 bits per heavy atom. The number of hydrogen-bond donors (Lipinski definition) is 1. The number of thioether (sulfide) groups is 1. The molecule has 27 heavy (non-hydrogen) atoms. The molecule has 0 saturated carbocycles. The molecule has 0 bridgehead atoms. The van der Waals surface area contributed by atoms with Gasteiger partial charge in [-0.3, -0.25) is 4.79 Å². The van der Waals surface area contributed by atoms with Crippen LogP contribution >= 0.6 is 34.7 Å². The van der Waals surface area contributed by atoms with E-state index < -0.39 is 0 Å². The number of anilines is 1. The first kappa shape index (κ1) is 18.5. The Kier molecular flexibility index (Phi) is 5.81. The molecule has 0 unspecified atom stereocenters. The molecule has 3 nitrogen and oxygen atoms in total. The predicted molar refractivity (Wildman–Crippen MR) is 115 cm³/mol. The van der Waals surface area contributed by atoms with Gasteiger partial charge >= 0.3 is 0 Å². The smallest absolute Gasteiger partial charge is 0.236 e. The van der Waals surface area contributed by atoms with Crippen LogP contribution in [0.25, 0.3) is 11.3 Å². The molecule has 0 atom stereocenters. The van der Waals surface area contributed by atoms with Crippen molar-refractivity contribution in [1.82, 2.24) is 4.98 Å². The molecule has 0 saturated heterocycles. The molecule has 0 aliphatic heterocycles. The van der Waals surface area contributed by atoms with Crippen LogP contribution < -0.4 is 5.32 Å². The number of hydrogen-bond acceptors (Lipinski definition) is 4. The number of amides is 1. The van der Waals surface area contributed by atoms with Crippen LogP contribution in [0, 0.1) is 0 Å². The van der Waals surface area contributed by atoms with Crippen molar-refractivity contribution < 1.29 is 4.79 Å². The van der Waals surface area contributed by atoms with Crippen LogP contribution in [0.4, 0.5) is 5.13 Å². The van der Waals surface area contributed by atoms with Crippen molar-refractivity contribution in [2.75, 3.05) is 11.1 Å². The highest BCUT2D eigenvalue weighted by molar-refractivity contribution is 8.00. The zero-order chi connectivity index (χ0) is 18.6. The maximum Gasteiger partial charge on any atom is 0.236 e. The number of aromatic nitrogens is 1. The Balaban J connectivity index is 1.37. The van der Waals surface area contributed by atoms with Crippen molar-refractivity contribution in [2.24, 2.45) is 0 Å². The lowest BCUT2D eigenvalue weighted by molar-refractivity contribution is -0.113. The molecule has 0 fully saturated rings. The number of fused-ring (bicyclic) bond motifs is 1. The summed E-state index contributed by atoms with van der Waals surface area (Å²) in [4.78, 5) is 17.8. The SMILES string of the molecule is O=C(CSc1ccc(Cl)cc1)Nc1nc(-c2ccc3c(c2)CCCC3)cs1. The van der Waals surface area contributed by atoms with Crippen LogP contribution in [-0.2, 0) is 17.6 Å². The van der Waals surface area contributed by atoms with E-state index in [1.165, 1.54) is 53.5 Å². The van der Waals surface area contributed by atoms with Crippen molar-refractivity contribution >= 4 is 45.7 Å². The molecule has 1 aliphatic rings. The number of benzene rings is 2. The minimum absolute atomic E-state index is 0.0544. The largest absolute Gasteiger partial charge is 0.301 e. The van der Waals surface area contributed by atoms with E-state index in [9.17, 15) is 4.79 Å². The third kappa shape index (κ3) is 4.72. The first-order valence-electron chi connectivity index (χ1n) is 8.93. The summed E-state index contributed by atoms with van der Waals surface area (Å²) >= 11 is 8.82. The van der Waals surface area contributed by atoms with Crippen LogP contribution in [0.15, 0.2) is 52.7 Å². The summed E-state index contributed by atoms with van der Waals surface area (Å²) < 4.78 is 0. The molecular weight excluding hydrogens is 396 g/mol. The van der Waals surface area contributed by atoms with Crippen molar-refractivity contribution in [3.05, 3.63) is 64.0 Å². The highest BCUT2D eigenvalue weighted by Gasteiger charge is 2.13. The second kappa shape index (κ2) is 8.46. The van der Waals surface area contributed by atoms with Gasteiger partial charge in [0.25, 0.3) is 0 Å². The first-order valence-corrected chi connectivity index (χ1v) is 11.2. The van der Waals surface area contributed by atoms with E-state index in [0.29, 0.717) is 15.9 Å². The van der Waals surface area contributed by atoms with Gasteiger partial charge in [0, 0.05) is 20.9 Å². The third-order valence-corrected chi connectivity index (χ3v) is 6.60. The molecular formula is C21H19ClN2OS2. The molecule has 4 rings (SSSR count). The lowest BCUT2D eigenvalue weighted by atomic mass is 9.90. The van der Waals surface area contributed by atoms with Crippen molar-refractivity contribution in [3.63, 3.8) is 0 Å². The Morgan fingerprint density at radius 2 is 1.89 bits per heavy atom. The molecule has 1 amide bonds. The summed E-state index contributed by atoms with van der Waals surface area (Å²) in [5.41, 5.74) is 4.96. The summed E-state index contributed by atoms with van der Waals surface area (Å²) in [6, 6.07) is 14.1. The number of halogens is 1. The molecule has 1 aliphatic carbocycles. The monoisotopic (exact) mass is 414 g/mol. The van der Waals surface area contributed by atoms with E-state index in [0.717, 1.165) is 22.6 Å². The number of carbonyl (C=O) groups excluding carboxylic acids is 1. The maximum atomic E-state index is 12.2. The number of rotatable bonds is 5. The van der Waals surface area contributed by atoms with Crippen molar-refractivity contribution in [3.8, 4) is 11.3 Å². The van der Waals surface area contributed by atoms with E-state index in [1.807, 2.05) is 29.6 Å². The fraction of sp³-hybridized carbons (Fsp3) is 0.238. The van der Waals surface area contributed by atoms with Crippen LogP contribution in [0.2, 0.25) is 5.02 Å². The van der Waals surface area contributed by atoms with Gasteiger partial charge in [0.05, 0.1) is 11.4 Å². The molecule has 1 heterocycles. The predicted octanol–water partition coefficient (Wildman–Crippen LogP) is 6.07. The highest BCUT2D eigenvalue weighted by Crippen LogP contribution is 2.30. The molecule has 0 spiro atoms. The van der Waals surface area contributed by atoms with Gasteiger partial charge in [-0.25, -0.2) is 4.98 Å². The molecule has 1 N–H and O–H groups in total. The molecule has 1 aromatic heterocycles. The van der Waals surface area contributed by atoms with E-state index in [4.69, 9.17) is 11.6 Å². The Morgan fingerprint density at radius 3 is 2.70 bits per heavy atom. The standard InChI is InChI=1S/C21H19ClN2OS2/c22-17-7-9-18(10-8-17)26-13-20(25)24-21-23-19(12-27-21)16-6-5-14-3-1-2-4-15(14)11-16/h5-12H,1-4,13H2,(H,23,24,25). The van der Waals surface area contributed by atoms with E-state index in [-0.39, 0.29) is 5.91 Å². The van der Waals surface area contributed by atoms with Gasteiger partial charge in [0.1, 0.15) is 0 Å². The summed E-state index contributed by atoms with van der Waals surface area (Å²) in [6.07, 6.45) is 4.88. The van der Waals surface area contributed by atoms with E-state index in [1.54, 1.807) is 0 Å². The molecule has 6 heteroatoms. The Labute approximate surface area is 172 Å². The van der Waals surface area contributed by atoms with Gasteiger partial charge in [-0.05, 0) is 67.1 Å². The number of nitrogens with zero attached hydrogens (tertiary/aromatic N) is 1. The molecule has 138 valence electrons. The average molecular weight is 415 g/mol. The lowest BCUT2D eigenvalue weighted by Gasteiger charge is -2.16. The normalized spacial score (nSPS) is 13.2. The van der Waals surface area contributed by atoms with Crippen molar-refractivity contribution in [1.29, 1.82) is 0 Å². The molecule has 2 aromatic carbocycles. The Bertz CT molecular complexity index is 953.